The van der Waals surface area contributed by atoms with Crippen molar-refractivity contribution in [3.63, 3.8) is 0 Å². The zero-order valence-electron chi connectivity index (χ0n) is 15.1. The number of hydrogen-bond donors (Lipinski definition) is 0. The Morgan fingerprint density at radius 1 is 0.821 bits per heavy atom. The van der Waals surface area contributed by atoms with E-state index < -0.39 is 25.1 Å². The summed E-state index contributed by atoms with van der Waals surface area (Å²) in [7, 11) is -5.82. The summed E-state index contributed by atoms with van der Waals surface area (Å²) < 4.78 is 57.5. The van der Waals surface area contributed by atoms with Gasteiger partial charge in [-0.15, -0.1) is 0 Å². The highest BCUT2D eigenvalue weighted by Gasteiger charge is 2.44. The molecule has 0 N–H and O–H groups in total. The number of hydrogen-bond acceptors (Lipinski definition) is 5. The maximum absolute atomic E-state index is 12.9. The van der Waals surface area contributed by atoms with Crippen molar-refractivity contribution in [3.05, 3.63) is 66.7 Å². The Morgan fingerprint density at radius 2 is 1.43 bits per heavy atom. The molecule has 6 nitrogen and oxygen atoms in total. The molecule has 0 bridgehead atoms. The van der Waals surface area contributed by atoms with Crippen molar-refractivity contribution in [2.24, 2.45) is 0 Å². The Balaban J connectivity index is 1.54. The molecule has 1 heterocycles. The van der Waals surface area contributed by atoms with Crippen molar-refractivity contribution in [2.45, 2.75) is 15.0 Å². The Hall–Kier alpha value is -2.42. The largest absolute Gasteiger partial charge is 0.497 e. The minimum atomic E-state index is -3.73. The van der Waals surface area contributed by atoms with Gasteiger partial charge in [0, 0.05) is 13.1 Å². The van der Waals surface area contributed by atoms with E-state index >= 15 is 0 Å². The Morgan fingerprint density at radius 3 is 2.07 bits per heavy atom. The van der Waals surface area contributed by atoms with Gasteiger partial charge in [0.25, 0.3) is 0 Å². The van der Waals surface area contributed by atoms with Crippen LogP contribution in [0.15, 0.2) is 76.5 Å². The molecule has 0 amide bonds. The van der Waals surface area contributed by atoms with Gasteiger partial charge in [0.05, 0.1) is 22.2 Å². The number of rotatable bonds is 5. The highest BCUT2D eigenvalue weighted by molar-refractivity contribution is 7.92. The fourth-order valence-corrected chi connectivity index (χ4v) is 6.64. The van der Waals surface area contributed by atoms with E-state index in [0.717, 1.165) is 10.8 Å². The number of ether oxygens (including phenoxy) is 1. The summed E-state index contributed by atoms with van der Waals surface area (Å²) in [5.41, 5.74) is 0. The lowest BCUT2D eigenvalue weighted by Gasteiger charge is -2.37. The predicted octanol–water partition coefficient (Wildman–Crippen LogP) is 2.70. The number of sulfone groups is 1. The molecule has 0 unspecified atom stereocenters. The summed E-state index contributed by atoms with van der Waals surface area (Å²) in [5, 5.41) is 1.02. The lowest BCUT2D eigenvalue weighted by molar-refractivity contribution is 0.309. The van der Waals surface area contributed by atoms with Gasteiger partial charge < -0.3 is 4.74 Å². The molecule has 0 radical (unpaired) electrons. The quantitative estimate of drug-likeness (QED) is 0.638. The molecule has 8 heteroatoms. The van der Waals surface area contributed by atoms with Crippen molar-refractivity contribution in [1.29, 1.82) is 0 Å². The third kappa shape index (κ3) is 3.17. The first-order valence-electron chi connectivity index (χ1n) is 8.69. The fraction of sp³-hybridized carbons (Fsp3) is 0.200. The van der Waals surface area contributed by atoms with Crippen LogP contribution in [-0.4, -0.2) is 46.6 Å². The average Bonchev–Trinajstić information content (AvgIpc) is 2.66. The normalized spacial score (nSPS) is 16.0. The number of fused-ring (bicyclic) bond motifs is 1. The van der Waals surface area contributed by atoms with Crippen LogP contribution < -0.4 is 4.74 Å². The lowest BCUT2D eigenvalue weighted by Crippen LogP contribution is -2.56. The first-order valence-corrected chi connectivity index (χ1v) is 11.7. The van der Waals surface area contributed by atoms with Crippen LogP contribution >= 0.6 is 0 Å². The summed E-state index contributed by atoms with van der Waals surface area (Å²) in [6, 6.07) is 18.6. The molecule has 1 fully saturated rings. The van der Waals surface area contributed by atoms with Gasteiger partial charge in [-0.05, 0) is 47.2 Å². The van der Waals surface area contributed by atoms with Crippen LogP contribution in [0.1, 0.15) is 0 Å². The van der Waals surface area contributed by atoms with E-state index in [1.54, 1.807) is 30.3 Å². The van der Waals surface area contributed by atoms with Crippen molar-refractivity contribution in [1.82, 2.24) is 4.31 Å². The second-order valence-electron chi connectivity index (χ2n) is 6.67. The van der Waals surface area contributed by atoms with E-state index in [1.165, 1.54) is 23.5 Å². The van der Waals surface area contributed by atoms with Gasteiger partial charge in [0.15, 0.2) is 9.84 Å². The van der Waals surface area contributed by atoms with E-state index in [4.69, 9.17) is 4.74 Å². The third-order valence-corrected chi connectivity index (χ3v) is 8.93. The second kappa shape index (κ2) is 6.88. The van der Waals surface area contributed by atoms with Crippen LogP contribution in [0, 0.1) is 0 Å². The topological polar surface area (TPSA) is 80.8 Å². The highest BCUT2D eigenvalue weighted by atomic mass is 32.2. The van der Waals surface area contributed by atoms with Crippen molar-refractivity contribution in [2.75, 3.05) is 20.2 Å². The van der Waals surface area contributed by atoms with Gasteiger partial charge in [-0.25, -0.2) is 16.8 Å². The zero-order valence-corrected chi connectivity index (χ0v) is 16.8. The van der Waals surface area contributed by atoms with E-state index in [9.17, 15) is 16.8 Å². The molecule has 3 aromatic carbocycles. The Bertz CT molecular complexity index is 1230. The smallest absolute Gasteiger partial charge is 0.243 e. The lowest BCUT2D eigenvalue weighted by atomic mass is 10.1. The zero-order chi connectivity index (χ0) is 19.9. The first-order chi connectivity index (χ1) is 13.3. The molecule has 0 saturated carbocycles. The average molecular weight is 418 g/mol. The van der Waals surface area contributed by atoms with Crippen molar-refractivity contribution in [3.8, 4) is 5.75 Å². The monoisotopic (exact) mass is 417 g/mol. The maximum Gasteiger partial charge on any atom is 0.243 e. The number of nitrogens with zero attached hydrogens (tertiary/aromatic N) is 1. The molecule has 1 aliphatic rings. The van der Waals surface area contributed by atoms with Crippen LogP contribution in [0.25, 0.3) is 10.8 Å². The molecule has 28 heavy (non-hydrogen) atoms. The fourth-order valence-electron chi connectivity index (χ4n) is 3.23. The maximum atomic E-state index is 12.9. The van der Waals surface area contributed by atoms with E-state index in [1.807, 2.05) is 24.3 Å². The van der Waals surface area contributed by atoms with Crippen LogP contribution in [0.3, 0.4) is 0 Å². The van der Waals surface area contributed by atoms with Crippen LogP contribution in [0.5, 0.6) is 5.75 Å². The van der Waals surface area contributed by atoms with Crippen LogP contribution in [-0.2, 0) is 19.9 Å². The molecular weight excluding hydrogens is 398 g/mol. The highest BCUT2D eigenvalue weighted by Crippen LogP contribution is 2.30. The molecule has 4 rings (SSSR count). The summed E-state index contributed by atoms with van der Waals surface area (Å²) in [6.45, 7) is -0.104. The molecular formula is C20H19NO5S2. The third-order valence-electron chi connectivity index (χ3n) is 5.00. The van der Waals surface area contributed by atoms with E-state index in [-0.39, 0.29) is 22.9 Å². The predicted molar refractivity (Wildman–Crippen MR) is 107 cm³/mol. The number of methoxy groups -OCH3 is 1. The summed E-state index contributed by atoms with van der Waals surface area (Å²) in [6.07, 6.45) is 0. The number of sulfonamides is 1. The molecule has 1 saturated heterocycles. The van der Waals surface area contributed by atoms with Gasteiger partial charge in [0.2, 0.25) is 10.0 Å². The molecule has 1 aliphatic heterocycles. The minimum absolute atomic E-state index is 0.0521. The summed E-state index contributed by atoms with van der Waals surface area (Å²) in [4.78, 5) is 0.340. The van der Waals surface area contributed by atoms with Crippen molar-refractivity contribution >= 4 is 30.6 Å². The molecule has 0 spiro atoms. The molecule has 0 aromatic heterocycles. The first kappa shape index (κ1) is 18.9. The number of benzene rings is 3. The van der Waals surface area contributed by atoms with Crippen LogP contribution in [0.2, 0.25) is 0 Å². The summed E-state index contributed by atoms with van der Waals surface area (Å²) >= 11 is 0. The Kier molecular flexibility index (Phi) is 4.65. The van der Waals surface area contributed by atoms with Gasteiger partial charge >= 0.3 is 0 Å². The standard InChI is InChI=1S/C20H19NO5S2/c1-26-17-7-10-18(11-8-17)27(22,23)20-13-21(14-20)28(24,25)19-9-6-15-4-2-3-5-16(15)12-19/h2-12,20H,13-14H2,1H3. The molecule has 146 valence electrons. The molecule has 0 aliphatic carbocycles. The van der Waals surface area contributed by atoms with Gasteiger partial charge in [0.1, 0.15) is 5.75 Å². The van der Waals surface area contributed by atoms with Gasteiger partial charge in [-0.1, -0.05) is 30.3 Å². The minimum Gasteiger partial charge on any atom is -0.497 e. The van der Waals surface area contributed by atoms with Crippen molar-refractivity contribution < 1.29 is 21.6 Å². The van der Waals surface area contributed by atoms with Crippen LogP contribution in [0.4, 0.5) is 0 Å². The second-order valence-corrected chi connectivity index (χ2v) is 10.8. The van der Waals surface area contributed by atoms with E-state index in [2.05, 4.69) is 0 Å². The Labute approximate surface area is 164 Å². The molecule has 3 aromatic rings. The summed E-state index contributed by atoms with van der Waals surface area (Å²) in [5.74, 6) is 0.563. The SMILES string of the molecule is COc1ccc(S(=O)(=O)C2CN(S(=O)(=O)c3ccc4ccccc4c3)C2)cc1. The van der Waals surface area contributed by atoms with Gasteiger partial charge in [-0.2, -0.15) is 4.31 Å². The van der Waals surface area contributed by atoms with E-state index in [0.29, 0.717) is 5.75 Å². The molecule has 0 atom stereocenters. The van der Waals surface area contributed by atoms with Gasteiger partial charge in [-0.3, -0.25) is 0 Å².